The number of furan rings is 1. The van der Waals surface area contributed by atoms with Crippen LogP contribution >= 0.6 is 0 Å². The van der Waals surface area contributed by atoms with Crippen molar-refractivity contribution in [3.05, 3.63) is 24.2 Å². The fourth-order valence-corrected chi connectivity index (χ4v) is 1.52. The lowest BCUT2D eigenvalue weighted by Gasteiger charge is -2.23. The van der Waals surface area contributed by atoms with Crippen molar-refractivity contribution in [1.82, 2.24) is 4.90 Å². The van der Waals surface area contributed by atoms with E-state index in [-0.39, 0.29) is 18.9 Å². The third-order valence-electron chi connectivity index (χ3n) is 2.24. The monoisotopic (exact) mass is 239 g/mol. The second-order valence-electron chi connectivity index (χ2n) is 4.30. The Morgan fingerprint density at radius 2 is 2.18 bits per heavy atom. The van der Waals surface area contributed by atoms with E-state index in [0.29, 0.717) is 18.0 Å². The molecule has 1 rings (SSSR count). The summed E-state index contributed by atoms with van der Waals surface area (Å²) in [5.74, 6) is -0.799. The van der Waals surface area contributed by atoms with Crippen molar-refractivity contribution in [1.29, 1.82) is 0 Å². The Kier molecular flexibility index (Phi) is 4.75. The van der Waals surface area contributed by atoms with E-state index >= 15 is 0 Å². The molecule has 0 fully saturated rings. The van der Waals surface area contributed by atoms with E-state index in [9.17, 15) is 9.59 Å². The lowest BCUT2D eigenvalue weighted by molar-refractivity contribution is -0.137. The summed E-state index contributed by atoms with van der Waals surface area (Å²) in [6, 6.07) is 1.58. The highest BCUT2D eigenvalue weighted by molar-refractivity contribution is 5.94. The van der Waals surface area contributed by atoms with Gasteiger partial charge in [0.1, 0.15) is 6.26 Å². The molecule has 1 aromatic rings. The van der Waals surface area contributed by atoms with Crippen LogP contribution in [0.5, 0.6) is 0 Å². The lowest BCUT2D eigenvalue weighted by atomic mass is 10.2. The first kappa shape index (κ1) is 13.3. The molecular formula is C12H17NO4. The van der Waals surface area contributed by atoms with Crippen LogP contribution in [-0.4, -0.2) is 35.0 Å². The number of amides is 1. The van der Waals surface area contributed by atoms with Crippen LogP contribution in [-0.2, 0) is 4.79 Å². The second-order valence-corrected chi connectivity index (χ2v) is 4.30. The molecule has 0 spiro atoms. The average molecular weight is 239 g/mol. The van der Waals surface area contributed by atoms with Crippen molar-refractivity contribution in [2.75, 3.05) is 13.1 Å². The number of aliphatic carboxylic acids is 1. The van der Waals surface area contributed by atoms with Gasteiger partial charge < -0.3 is 14.4 Å². The lowest BCUT2D eigenvalue weighted by Crippen LogP contribution is -2.35. The van der Waals surface area contributed by atoms with Crippen LogP contribution in [0, 0.1) is 5.92 Å². The number of carbonyl (C=O) groups is 2. The first-order valence-corrected chi connectivity index (χ1v) is 5.54. The molecule has 0 aliphatic heterocycles. The molecule has 0 aromatic carbocycles. The van der Waals surface area contributed by atoms with Gasteiger partial charge in [0.2, 0.25) is 0 Å². The third kappa shape index (κ3) is 4.30. The number of hydrogen-bond acceptors (Lipinski definition) is 3. The molecule has 0 unspecified atom stereocenters. The number of carboxylic acid groups (broad SMARTS) is 1. The summed E-state index contributed by atoms with van der Waals surface area (Å²) in [4.78, 5) is 24.1. The summed E-state index contributed by atoms with van der Waals surface area (Å²) >= 11 is 0. The van der Waals surface area contributed by atoms with Crippen molar-refractivity contribution in [3.63, 3.8) is 0 Å². The Morgan fingerprint density at radius 3 is 2.65 bits per heavy atom. The van der Waals surface area contributed by atoms with Crippen molar-refractivity contribution in [3.8, 4) is 0 Å². The first-order chi connectivity index (χ1) is 8.00. The van der Waals surface area contributed by atoms with Crippen LogP contribution in [0.15, 0.2) is 23.0 Å². The average Bonchev–Trinajstić information content (AvgIpc) is 2.75. The molecule has 1 heterocycles. The van der Waals surface area contributed by atoms with Crippen LogP contribution in [0.1, 0.15) is 30.6 Å². The molecule has 5 heteroatoms. The Bertz CT molecular complexity index is 370. The maximum atomic E-state index is 12.0. The van der Waals surface area contributed by atoms with Crippen LogP contribution < -0.4 is 0 Å². The minimum atomic E-state index is -0.904. The Balaban J connectivity index is 2.68. The second kappa shape index (κ2) is 6.08. The molecule has 0 atom stereocenters. The van der Waals surface area contributed by atoms with Gasteiger partial charge in [-0.25, -0.2) is 0 Å². The Morgan fingerprint density at radius 1 is 1.47 bits per heavy atom. The quantitative estimate of drug-likeness (QED) is 0.822. The molecule has 0 radical (unpaired) electrons. The fourth-order valence-electron chi connectivity index (χ4n) is 1.52. The van der Waals surface area contributed by atoms with E-state index in [1.807, 2.05) is 13.8 Å². The number of carbonyl (C=O) groups excluding carboxylic acids is 1. The van der Waals surface area contributed by atoms with E-state index in [2.05, 4.69) is 0 Å². The van der Waals surface area contributed by atoms with Gasteiger partial charge in [0.25, 0.3) is 5.91 Å². The van der Waals surface area contributed by atoms with Crippen LogP contribution in [0.25, 0.3) is 0 Å². The fraction of sp³-hybridized carbons (Fsp3) is 0.500. The van der Waals surface area contributed by atoms with Crippen molar-refractivity contribution < 1.29 is 19.1 Å². The predicted molar refractivity (Wildman–Crippen MR) is 61.7 cm³/mol. The molecule has 94 valence electrons. The summed E-state index contributed by atoms with van der Waals surface area (Å²) in [6.07, 6.45) is 2.75. The van der Waals surface area contributed by atoms with Gasteiger partial charge in [-0.3, -0.25) is 9.59 Å². The van der Waals surface area contributed by atoms with Crippen molar-refractivity contribution in [2.24, 2.45) is 5.92 Å². The number of rotatable bonds is 6. The van der Waals surface area contributed by atoms with Gasteiger partial charge in [0.15, 0.2) is 0 Å². The first-order valence-electron chi connectivity index (χ1n) is 5.54. The number of hydrogen-bond donors (Lipinski definition) is 1. The molecule has 0 aliphatic carbocycles. The smallest absolute Gasteiger partial charge is 0.305 e. The molecular weight excluding hydrogens is 222 g/mol. The van der Waals surface area contributed by atoms with Gasteiger partial charge in [-0.05, 0) is 12.0 Å². The number of carboxylic acids is 1. The predicted octanol–water partition coefficient (Wildman–Crippen LogP) is 1.85. The van der Waals surface area contributed by atoms with E-state index in [1.165, 1.54) is 12.5 Å². The normalized spacial score (nSPS) is 10.5. The molecule has 0 bridgehead atoms. The van der Waals surface area contributed by atoms with Gasteiger partial charge in [-0.2, -0.15) is 0 Å². The summed E-state index contributed by atoms with van der Waals surface area (Å²) in [5.41, 5.74) is 0.455. The Hall–Kier alpha value is -1.78. The summed E-state index contributed by atoms with van der Waals surface area (Å²) in [6.45, 7) is 4.72. The highest BCUT2D eigenvalue weighted by atomic mass is 16.4. The highest BCUT2D eigenvalue weighted by Gasteiger charge is 2.18. The van der Waals surface area contributed by atoms with E-state index in [4.69, 9.17) is 9.52 Å². The van der Waals surface area contributed by atoms with Crippen LogP contribution in [0.2, 0.25) is 0 Å². The standard InChI is InChI=1S/C12H17NO4/c1-9(2)7-13(5-3-11(14)15)12(16)10-4-6-17-8-10/h4,6,8-9H,3,5,7H2,1-2H3,(H,14,15). The summed E-state index contributed by atoms with van der Waals surface area (Å²) in [7, 11) is 0. The molecule has 17 heavy (non-hydrogen) atoms. The van der Waals surface area contributed by atoms with E-state index < -0.39 is 5.97 Å². The molecule has 0 aliphatic rings. The van der Waals surface area contributed by atoms with E-state index in [0.717, 1.165) is 0 Å². The van der Waals surface area contributed by atoms with E-state index in [1.54, 1.807) is 11.0 Å². The van der Waals surface area contributed by atoms with Gasteiger partial charge in [0, 0.05) is 13.1 Å². The van der Waals surface area contributed by atoms with Gasteiger partial charge in [0.05, 0.1) is 18.2 Å². The van der Waals surface area contributed by atoms with Crippen molar-refractivity contribution >= 4 is 11.9 Å². The largest absolute Gasteiger partial charge is 0.481 e. The molecule has 1 N–H and O–H groups in total. The van der Waals surface area contributed by atoms with Gasteiger partial charge in [-0.1, -0.05) is 13.8 Å². The number of nitrogens with zero attached hydrogens (tertiary/aromatic N) is 1. The summed E-state index contributed by atoms with van der Waals surface area (Å²) in [5, 5.41) is 8.65. The SMILES string of the molecule is CC(C)CN(CCC(=O)O)C(=O)c1ccoc1. The van der Waals surface area contributed by atoms with Gasteiger partial charge >= 0.3 is 5.97 Å². The minimum Gasteiger partial charge on any atom is -0.481 e. The zero-order valence-electron chi connectivity index (χ0n) is 10.0. The Labute approximate surface area is 100 Å². The molecule has 1 aromatic heterocycles. The summed E-state index contributed by atoms with van der Waals surface area (Å²) < 4.78 is 4.85. The highest BCUT2D eigenvalue weighted by Crippen LogP contribution is 2.09. The zero-order chi connectivity index (χ0) is 12.8. The molecule has 0 saturated carbocycles. The molecule has 5 nitrogen and oxygen atoms in total. The van der Waals surface area contributed by atoms with Crippen LogP contribution in [0.3, 0.4) is 0 Å². The topological polar surface area (TPSA) is 70.8 Å². The maximum Gasteiger partial charge on any atom is 0.305 e. The maximum absolute atomic E-state index is 12.0. The molecule has 1 amide bonds. The van der Waals surface area contributed by atoms with Crippen LogP contribution in [0.4, 0.5) is 0 Å². The minimum absolute atomic E-state index is 0.0453. The van der Waals surface area contributed by atoms with Crippen molar-refractivity contribution in [2.45, 2.75) is 20.3 Å². The zero-order valence-corrected chi connectivity index (χ0v) is 10.0. The third-order valence-corrected chi connectivity index (χ3v) is 2.24. The molecule has 0 saturated heterocycles. The van der Waals surface area contributed by atoms with Gasteiger partial charge in [-0.15, -0.1) is 0 Å².